The average molecular weight is 288 g/mol. The molecule has 2 fully saturated rings. The molecular weight excluding hydrogens is 264 g/mol. The number of hydrogen-bond acceptors (Lipinski definition) is 3. The fourth-order valence-electron chi connectivity index (χ4n) is 2.99. The molecule has 1 aromatic heterocycles. The fourth-order valence-corrected chi connectivity index (χ4v) is 2.99. The third-order valence-corrected chi connectivity index (χ3v) is 4.56. The van der Waals surface area contributed by atoms with Gasteiger partial charge in [-0.15, -0.1) is 0 Å². The monoisotopic (exact) mass is 288 g/mol. The van der Waals surface area contributed by atoms with Gasteiger partial charge in [0.05, 0.1) is 18.3 Å². The van der Waals surface area contributed by atoms with E-state index in [0.29, 0.717) is 12.6 Å². The maximum atomic E-state index is 12.1. The molecule has 4 heteroatoms. The third kappa shape index (κ3) is 3.96. The lowest BCUT2D eigenvalue weighted by Gasteiger charge is -2.26. The number of amides is 1. The molecule has 0 radical (unpaired) electrons. The second-order valence-corrected chi connectivity index (χ2v) is 6.21. The van der Waals surface area contributed by atoms with Gasteiger partial charge in [-0.1, -0.05) is 19.3 Å². The van der Waals surface area contributed by atoms with Gasteiger partial charge in [-0.3, -0.25) is 9.78 Å². The summed E-state index contributed by atoms with van der Waals surface area (Å²) in [6.45, 7) is 0.497. The largest absolute Gasteiger partial charge is 0.490 e. The number of nitrogens with zero attached hydrogens (tertiary/aromatic N) is 1. The van der Waals surface area contributed by atoms with E-state index in [1.165, 1.54) is 25.7 Å². The Bertz CT molecular complexity index is 479. The molecule has 114 valence electrons. The van der Waals surface area contributed by atoms with Crippen molar-refractivity contribution < 1.29 is 9.53 Å². The zero-order valence-corrected chi connectivity index (χ0v) is 12.5. The molecule has 0 unspecified atom stereocenters. The Morgan fingerprint density at radius 3 is 2.71 bits per heavy atom. The SMILES string of the molecule is O=C(NCc1cc(OC2CCC2)ccn1)C1CCCCC1. The Morgan fingerprint density at radius 1 is 1.19 bits per heavy atom. The van der Waals surface area contributed by atoms with Crippen molar-refractivity contribution >= 4 is 5.91 Å². The van der Waals surface area contributed by atoms with Gasteiger partial charge in [0.25, 0.3) is 0 Å². The molecule has 0 saturated heterocycles. The summed E-state index contributed by atoms with van der Waals surface area (Å²) in [6, 6.07) is 3.84. The van der Waals surface area contributed by atoms with Crippen LogP contribution in [-0.4, -0.2) is 17.0 Å². The Kier molecular flexibility index (Phi) is 4.73. The van der Waals surface area contributed by atoms with E-state index in [9.17, 15) is 4.79 Å². The van der Waals surface area contributed by atoms with Crippen molar-refractivity contribution in [2.75, 3.05) is 0 Å². The van der Waals surface area contributed by atoms with Crippen LogP contribution in [0.4, 0.5) is 0 Å². The maximum Gasteiger partial charge on any atom is 0.223 e. The highest BCUT2D eigenvalue weighted by Crippen LogP contribution is 2.25. The summed E-state index contributed by atoms with van der Waals surface area (Å²) >= 11 is 0. The van der Waals surface area contributed by atoms with Crippen LogP contribution in [0.2, 0.25) is 0 Å². The van der Waals surface area contributed by atoms with Crippen LogP contribution in [-0.2, 0) is 11.3 Å². The minimum atomic E-state index is 0.182. The van der Waals surface area contributed by atoms with Crippen molar-refractivity contribution in [3.8, 4) is 5.75 Å². The van der Waals surface area contributed by atoms with E-state index in [-0.39, 0.29) is 11.8 Å². The lowest BCUT2D eigenvalue weighted by Crippen LogP contribution is -2.31. The highest BCUT2D eigenvalue weighted by molar-refractivity contribution is 5.78. The molecule has 1 aromatic rings. The predicted molar refractivity (Wildman–Crippen MR) is 80.9 cm³/mol. The summed E-state index contributed by atoms with van der Waals surface area (Å²) in [5.74, 6) is 1.26. The minimum Gasteiger partial charge on any atom is -0.490 e. The van der Waals surface area contributed by atoms with Gasteiger partial charge in [0.1, 0.15) is 5.75 Å². The van der Waals surface area contributed by atoms with Crippen LogP contribution in [0.5, 0.6) is 5.75 Å². The Balaban J connectivity index is 1.49. The van der Waals surface area contributed by atoms with Gasteiger partial charge in [0.2, 0.25) is 5.91 Å². The van der Waals surface area contributed by atoms with Crippen molar-refractivity contribution in [3.63, 3.8) is 0 Å². The van der Waals surface area contributed by atoms with Gasteiger partial charge in [-0.2, -0.15) is 0 Å². The Hall–Kier alpha value is -1.58. The molecule has 1 N–H and O–H groups in total. The zero-order valence-electron chi connectivity index (χ0n) is 12.5. The summed E-state index contributed by atoms with van der Waals surface area (Å²) in [7, 11) is 0. The minimum absolute atomic E-state index is 0.182. The summed E-state index contributed by atoms with van der Waals surface area (Å²) in [6.07, 6.45) is 11.4. The first kappa shape index (κ1) is 14.4. The molecule has 21 heavy (non-hydrogen) atoms. The molecule has 4 nitrogen and oxygen atoms in total. The van der Waals surface area contributed by atoms with Gasteiger partial charge in [-0.05, 0) is 38.2 Å². The summed E-state index contributed by atoms with van der Waals surface area (Å²) in [4.78, 5) is 16.4. The van der Waals surface area contributed by atoms with Crippen molar-refractivity contribution in [1.82, 2.24) is 10.3 Å². The molecule has 2 aliphatic carbocycles. The standard InChI is InChI=1S/C17H24N2O2/c20-17(13-5-2-1-3-6-13)19-12-14-11-16(9-10-18-14)21-15-7-4-8-15/h9-11,13,15H,1-8,12H2,(H,19,20). The van der Waals surface area contributed by atoms with Crippen LogP contribution in [0.25, 0.3) is 0 Å². The van der Waals surface area contributed by atoms with E-state index in [1.807, 2.05) is 12.1 Å². The maximum absolute atomic E-state index is 12.1. The molecule has 0 aliphatic heterocycles. The van der Waals surface area contributed by atoms with Gasteiger partial charge in [0, 0.05) is 18.2 Å². The third-order valence-electron chi connectivity index (χ3n) is 4.56. The zero-order chi connectivity index (χ0) is 14.5. The van der Waals surface area contributed by atoms with E-state index in [0.717, 1.165) is 37.1 Å². The molecule has 2 aliphatic rings. The van der Waals surface area contributed by atoms with E-state index < -0.39 is 0 Å². The van der Waals surface area contributed by atoms with Gasteiger partial charge in [0.15, 0.2) is 0 Å². The molecule has 0 atom stereocenters. The molecular formula is C17H24N2O2. The van der Waals surface area contributed by atoms with Crippen LogP contribution >= 0.6 is 0 Å². The second-order valence-electron chi connectivity index (χ2n) is 6.21. The van der Waals surface area contributed by atoms with Crippen LogP contribution in [0.1, 0.15) is 57.1 Å². The highest BCUT2D eigenvalue weighted by Gasteiger charge is 2.21. The van der Waals surface area contributed by atoms with Gasteiger partial charge < -0.3 is 10.1 Å². The van der Waals surface area contributed by atoms with Crippen molar-refractivity contribution in [2.24, 2.45) is 5.92 Å². The predicted octanol–water partition coefficient (Wildman–Crippen LogP) is 3.21. The lowest BCUT2D eigenvalue weighted by molar-refractivity contribution is -0.126. The number of carbonyl (C=O) groups excluding carboxylic acids is 1. The number of hydrogen-bond donors (Lipinski definition) is 1. The first-order valence-corrected chi connectivity index (χ1v) is 8.20. The molecule has 2 saturated carbocycles. The van der Waals surface area contributed by atoms with Crippen LogP contribution in [0.3, 0.4) is 0 Å². The summed E-state index contributed by atoms with van der Waals surface area (Å²) in [5.41, 5.74) is 0.871. The van der Waals surface area contributed by atoms with Crippen LogP contribution in [0.15, 0.2) is 18.3 Å². The van der Waals surface area contributed by atoms with E-state index in [1.54, 1.807) is 6.20 Å². The van der Waals surface area contributed by atoms with Crippen molar-refractivity contribution in [1.29, 1.82) is 0 Å². The van der Waals surface area contributed by atoms with E-state index in [4.69, 9.17) is 4.74 Å². The van der Waals surface area contributed by atoms with Gasteiger partial charge in [-0.25, -0.2) is 0 Å². The lowest BCUT2D eigenvalue weighted by atomic mass is 9.89. The van der Waals surface area contributed by atoms with Gasteiger partial charge >= 0.3 is 0 Å². The number of carbonyl (C=O) groups is 1. The number of aromatic nitrogens is 1. The molecule has 0 bridgehead atoms. The average Bonchev–Trinajstić information content (AvgIpc) is 2.50. The smallest absolute Gasteiger partial charge is 0.223 e. The first-order valence-electron chi connectivity index (χ1n) is 8.20. The van der Waals surface area contributed by atoms with E-state index >= 15 is 0 Å². The highest BCUT2D eigenvalue weighted by atomic mass is 16.5. The number of ether oxygens (including phenoxy) is 1. The fraction of sp³-hybridized carbons (Fsp3) is 0.647. The number of rotatable bonds is 5. The molecule has 1 amide bonds. The first-order chi connectivity index (χ1) is 10.3. The molecule has 3 rings (SSSR count). The Morgan fingerprint density at radius 2 is 2.00 bits per heavy atom. The Labute approximate surface area is 126 Å². The van der Waals surface area contributed by atoms with Crippen molar-refractivity contribution in [3.05, 3.63) is 24.0 Å². The normalized spacial score (nSPS) is 19.8. The summed E-state index contributed by atoms with van der Waals surface area (Å²) in [5, 5.41) is 3.02. The topological polar surface area (TPSA) is 51.2 Å². The molecule has 0 spiro atoms. The van der Waals surface area contributed by atoms with E-state index in [2.05, 4.69) is 10.3 Å². The van der Waals surface area contributed by atoms with Crippen LogP contribution < -0.4 is 10.1 Å². The number of pyridine rings is 1. The van der Waals surface area contributed by atoms with Crippen LogP contribution in [0, 0.1) is 5.92 Å². The summed E-state index contributed by atoms with van der Waals surface area (Å²) < 4.78 is 5.86. The van der Waals surface area contributed by atoms with Crippen molar-refractivity contribution in [2.45, 2.75) is 64.0 Å². The molecule has 1 heterocycles. The number of nitrogens with one attached hydrogen (secondary N) is 1. The molecule has 0 aromatic carbocycles. The second kappa shape index (κ2) is 6.92. The quantitative estimate of drug-likeness (QED) is 0.905.